The molecule has 15 heavy (non-hydrogen) atoms. The Bertz CT molecular complexity index is 346. The molecule has 0 aromatic heterocycles. The number of benzene rings is 1. The fourth-order valence-electron chi connectivity index (χ4n) is 1.13. The normalized spacial score (nSPS) is 10.2. The summed E-state index contributed by atoms with van der Waals surface area (Å²) in [5, 5.41) is 18.0. The van der Waals surface area contributed by atoms with E-state index in [4.69, 9.17) is 14.8 Å². The van der Waals surface area contributed by atoms with E-state index in [-0.39, 0.29) is 15.7 Å². The zero-order valence-electron chi connectivity index (χ0n) is 8.20. The van der Waals surface area contributed by atoms with E-state index in [1.165, 1.54) is 12.1 Å². The number of halogens is 2. The summed E-state index contributed by atoms with van der Waals surface area (Å²) in [6, 6.07) is 2.96. The third kappa shape index (κ3) is 2.93. The molecule has 0 aliphatic heterocycles. The van der Waals surface area contributed by atoms with Crippen molar-refractivity contribution in [2.45, 2.75) is 13.3 Å². The predicted octanol–water partition coefficient (Wildman–Crippen LogP) is 1.06. The van der Waals surface area contributed by atoms with Crippen molar-refractivity contribution in [3.05, 3.63) is 22.4 Å². The van der Waals surface area contributed by atoms with Crippen LogP contribution in [0.25, 0.3) is 0 Å². The van der Waals surface area contributed by atoms with Gasteiger partial charge in [0.05, 0.1) is 16.5 Å². The van der Waals surface area contributed by atoms with Crippen molar-refractivity contribution in [3.63, 3.8) is 0 Å². The van der Waals surface area contributed by atoms with E-state index in [1.807, 2.05) is 6.92 Å². The van der Waals surface area contributed by atoms with Crippen LogP contribution in [0.15, 0.2) is 16.6 Å². The predicted molar refractivity (Wildman–Crippen MR) is 59.7 cm³/mol. The summed E-state index contributed by atoms with van der Waals surface area (Å²) < 4.78 is 18.9. The topological polar surface area (TPSA) is 49.7 Å². The van der Waals surface area contributed by atoms with Crippen LogP contribution in [-0.2, 0) is 0 Å². The van der Waals surface area contributed by atoms with Crippen LogP contribution in [-0.4, -0.2) is 23.8 Å². The first-order chi connectivity index (χ1) is 7.07. The van der Waals surface area contributed by atoms with Crippen LogP contribution in [0.4, 0.5) is 4.39 Å². The molecule has 3 nitrogen and oxygen atoms in total. The third-order valence-electron chi connectivity index (χ3n) is 1.81. The second-order valence-corrected chi connectivity index (χ2v) is 3.85. The summed E-state index contributed by atoms with van der Waals surface area (Å²) in [6.07, 6.45) is 0.763. The zero-order valence-corrected chi connectivity index (χ0v) is 9.79. The summed E-state index contributed by atoms with van der Waals surface area (Å²) in [6.45, 7) is 2.31. The van der Waals surface area contributed by atoms with Crippen LogP contribution in [0.3, 0.4) is 0 Å². The minimum Gasteiger partial charge on any atom is -0.494 e. The summed E-state index contributed by atoms with van der Waals surface area (Å²) in [7, 11) is -1.88. The maximum atomic E-state index is 13.5. The molecule has 6 heteroatoms. The number of rotatable bonds is 4. The van der Waals surface area contributed by atoms with Crippen molar-refractivity contribution in [2.24, 2.45) is 0 Å². The highest BCUT2D eigenvalue weighted by atomic mass is 79.9. The lowest BCUT2D eigenvalue weighted by Crippen LogP contribution is -2.34. The lowest BCUT2D eigenvalue weighted by molar-refractivity contribution is 0.316. The van der Waals surface area contributed by atoms with E-state index >= 15 is 0 Å². The molecule has 1 aromatic rings. The highest BCUT2D eigenvalue weighted by Crippen LogP contribution is 2.19. The van der Waals surface area contributed by atoms with Gasteiger partial charge >= 0.3 is 7.12 Å². The molecule has 1 rings (SSSR count). The molecule has 0 atom stereocenters. The summed E-state index contributed by atoms with van der Waals surface area (Å²) in [4.78, 5) is 0. The highest BCUT2D eigenvalue weighted by Gasteiger charge is 2.24. The molecule has 0 aliphatic rings. The van der Waals surface area contributed by atoms with E-state index in [9.17, 15) is 4.39 Å². The second kappa shape index (κ2) is 5.49. The molecule has 0 bridgehead atoms. The molecule has 1 aromatic carbocycles. The van der Waals surface area contributed by atoms with Crippen molar-refractivity contribution in [1.82, 2.24) is 0 Å². The van der Waals surface area contributed by atoms with Gasteiger partial charge < -0.3 is 14.8 Å². The van der Waals surface area contributed by atoms with Gasteiger partial charge in [-0.25, -0.2) is 4.39 Å². The van der Waals surface area contributed by atoms with Gasteiger partial charge in [-0.2, -0.15) is 0 Å². The van der Waals surface area contributed by atoms with Gasteiger partial charge in [0, 0.05) is 0 Å². The Kier molecular flexibility index (Phi) is 4.57. The fourth-order valence-corrected chi connectivity index (χ4v) is 1.47. The average molecular weight is 277 g/mol. The van der Waals surface area contributed by atoms with E-state index in [1.54, 1.807) is 0 Å². The van der Waals surface area contributed by atoms with Crippen LogP contribution < -0.4 is 10.2 Å². The van der Waals surface area contributed by atoms with Gasteiger partial charge in [-0.3, -0.25) is 0 Å². The van der Waals surface area contributed by atoms with Crippen molar-refractivity contribution in [3.8, 4) is 5.75 Å². The van der Waals surface area contributed by atoms with Crippen molar-refractivity contribution >= 4 is 28.5 Å². The van der Waals surface area contributed by atoms with Gasteiger partial charge in [0.1, 0.15) is 11.6 Å². The van der Waals surface area contributed by atoms with Crippen LogP contribution >= 0.6 is 15.9 Å². The molecule has 0 saturated carbocycles. The molecular formula is C9H11BBrFO3. The Hall–Kier alpha value is -0.585. The van der Waals surface area contributed by atoms with E-state index in [0.29, 0.717) is 6.61 Å². The third-order valence-corrected chi connectivity index (χ3v) is 2.42. The Balaban J connectivity index is 3.09. The second-order valence-electron chi connectivity index (χ2n) is 3.00. The SMILES string of the molecule is CCCOc1ccc(Br)c(F)c1B(O)O. The molecular weight excluding hydrogens is 266 g/mol. The van der Waals surface area contributed by atoms with Crippen LogP contribution in [0.2, 0.25) is 0 Å². The molecule has 0 amide bonds. The number of ether oxygens (including phenoxy) is 1. The first kappa shape index (κ1) is 12.5. The minimum absolute atomic E-state index is 0.160. The number of hydrogen-bond acceptors (Lipinski definition) is 3. The van der Waals surface area contributed by atoms with Gasteiger partial charge in [-0.05, 0) is 34.5 Å². The number of hydrogen-bond donors (Lipinski definition) is 2. The summed E-state index contributed by atoms with van der Waals surface area (Å²) in [5.41, 5.74) is -0.238. The molecule has 0 aliphatic carbocycles. The zero-order chi connectivity index (χ0) is 11.4. The molecule has 0 unspecified atom stereocenters. The lowest BCUT2D eigenvalue weighted by atomic mass is 9.79. The molecule has 0 fully saturated rings. The first-order valence-corrected chi connectivity index (χ1v) is 5.34. The summed E-state index contributed by atoms with van der Waals surface area (Å²) in [5.74, 6) is -0.550. The minimum atomic E-state index is -1.88. The smallest absolute Gasteiger partial charge is 0.494 e. The van der Waals surface area contributed by atoms with Crippen molar-refractivity contribution in [1.29, 1.82) is 0 Å². The summed E-state index contributed by atoms with van der Waals surface area (Å²) >= 11 is 2.96. The first-order valence-electron chi connectivity index (χ1n) is 4.54. The van der Waals surface area contributed by atoms with Crippen LogP contribution in [0, 0.1) is 5.82 Å². The molecule has 0 radical (unpaired) electrons. The van der Waals surface area contributed by atoms with Gasteiger partial charge in [0.15, 0.2) is 0 Å². The molecule has 0 spiro atoms. The maximum absolute atomic E-state index is 13.5. The largest absolute Gasteiger partial charge is 0.495 e. The molecule has 0 saturated heterocycles. The van der Waals surface area contributed by atoms with Gasteiger partial charge in [0.2, 0.25) is 0 Å². The monoisotopic (exact) mass is 276 g/mol. The van der Waals surface area contributed by atoms with E-state index < -0.39 is 12.9 Å². The highest BCUT2D eigenvalue weighted by molar-refractivity contribution is 9.10. The molecule has 0 heterocycles. The Morgan fingerprint density at radius 1 is 1.47 bits per heavy atom. The molecule has 82 valence electrons. The van der Waals surface area contributed by atoms with Gasteiger partial charge in [-0.1, -0.05) is 6.92 Å². The van der Waals surface area contributed by atoms with Gasteiger partial charge in [0.25, 0.3) is 0 Å². The maximum Gasteiger partial charge on any atom is 0.495 e. The Morgan fingerprint density at radius 2 is 2.13 bits per heavy atom. The van der Waals surface area contributed by atoms with Crippen LogP contribution in [0.5, 0.6) is 5.75 Å². The van der Waals surface area contributed by atoms with Crippen molar-refractivity contribution in [2.75, 3.05) is 6.61 Å². The average Bonchev–Trinajstić information content (AvgIpc) is 2.19. The Morgan fingerprint density at radius 3 is 2.67 bits per heavy atom. The Labute approximate surface area is 96.2 Å². The van der Waals surface area contributed by atoms with Gasteiger partial charge in [-0.15, -0.1) is 0 Å². The van der Waals surface area contributed by atoms with E-state index in [2.05, 4.69) is 15.9 Å². The van der Waals surface area contributed by atoms with Crippen molar-refractivity contribution < 1.29 is 19.2 Å². The van der Waals surface area contributed by atoms with Crippen LogP contribution in [0.1, 0.15) is 13.3 Å². The standard InChI is InChI=1S/C9H11BBrFO3/c1-2-5-15-7-4-3-6(11)9(12)8(7)10(13)14/h3-4,13-14H,2,5H2,1H3. The molecule has 2 N–H and O–H groups in total. The van der Waals surface area contributed by atoms with E-state index in [0.717, 1.165) is 6.42 Å². The fraction of sp³-hybridized carbons (Fsp3) is 0.333. The lowest BCUT2D eigenvalue weighted by Gasteiger charge is -2.11. The quantitative estimate of drug-likeness (QED) is 0.809.